The van der Waals surface area contributed by atoms with Gasteiger partial charge in [-0.2, -0.15) is 0 Å². The third kappa shape index (κ3) is 3.94. The van der Waals surface area contributed by atoms with Gasteiger partial charge in [-0.3, -0.25) is 4.79 Å². The molecule has 1 amide bonds. The van der Waals surface area contributed by atoms with Gasteiger partial charge < -0.3 is 14.4 Å². The number of carbonyl (C=O) groups is 1. The molecule has 0 aliphatic heterocycles. The number of hydrogen-bond donors (Lipinski definition) is 1. The number of aromatic hydroxyl groups is 1. The summed E-state index contributed by atoms with van der Waals surface area (Å²) >= 11 is 1.54. The number of benzene rings is 1. The van der Waals surface area contributed by atoms with Crippen LogP contribution in [-0.2, 0) is 19.5 Å². The van der Waals surface area contributed by atoms with E-state index in [2.05, 4.69) is 6.92 Å². The number of hydrogen-bond acceptors (Lipinski definition) is 4. The van der Waals surface area contributed by atoms with Crippen molar-refractivity contribution < 1.29 is 14.3 Å². The van der Waals surface area contributed by atoms with Crippen molar-refractivity contribution in [3.05, 3.63) is 75.4 Å². The molecule has 0 saturated carbocycles. The fraction of sp³-hybridized carbons (Fsp3) is 0.250. The summed E-state index contributed by atoms with van der Waals surface area (Å²) < 4.78 is 5.42. The Morgan fingerprint density at radius 2 is 2.00 bits per heavy atom. The number of nitrogens with zero attached hydrogens (tertiary/aromatic N) is 1. The summed E-state index contributed by atoms with van der Waals surface area (Å²) in [6, 6.07) is 12.7. The molecular formula is C20H21NO3S. The Bertz CT molecular complexity index is 852. The van der Waals surface area contributed by atoms with Gasteiger partial charge in [0.15, 0.2) is 0 Å². The minimum Gasteiger partial charge on any atom is -0.508 e. The lowest BCUT2D eigenvalue weighted by atomic mass is 10.1. The summed E-state index contributed by atoms with van der Waals surface area (Å²) in [6.07, 6.45) is 2.52. The van der Waals surface area contributed by atoms with Crippen molar-refractivity contribution in [3.63, 3.8) is 0 Å². The molecule has 0 aliphatic carbocycles. The second-order valence-corrected chi connectivity index (χ2v) is 7.08. The van der Waals surface area contributed by atoms with Crippen LogP contribution in [0.1, 0.15) is 38.4 Å². The molecule has 0 bridgehead atoms. The minimum atomic E-state index is -0.0487. The van der Waals surface area contributed by atoms with Gasteiger partial charge in [-0.15, -0.1) is 11.3 Å². The topological polar surface area (TPSA) is 53.7 Å². The molecule has 0 radical (unpaired) electrons. The standard InChI is InChI=1S/C20H21NO3S/c1-3-18-14(2)11-19(25-18)20(23)21(13-16-8-6-10-24-16)12-15-7-4-5-9-17(15)22/h4-11,22H,3,12-13H2,1-2H3. The van der Waals surface area contributed by atoms with Gasteiger partial charge in [0.2, 0.25) is 0 Å². The number of phenolic OH excluding ortho intramolecular Hbond substituents is 1. The molecule has 25 heavy (non-hydrogen) atoms. The van der Waals surface area contributed by atoms with Gasteiger partial charge in [0.25, 0.3) is 5.91 Å². The van der Waals surface area contributed by atoms with Crippen LogP contribution in [0, 0.1) is 6.92 Å². The second-order valence-electron chi connectivity index (χ2n) is 5.94. The molecule has 0 saturated heterocycles. The Morgan fingerprint density at radius 1 is 1.20 bits per heavy atom. The van der Waals surface area contributed by atoms with Crippen LogP contribution in [0.15, 0.2) is 53.1 Å². The first-order valence-electron chi connectivity index (χ1n) is 8.26. The minimum absolute atomic E-state index is 0.0487. The van der Waals surface area contributed by atoms with E-state index in [1.54, 1.807) is 23.3 Å². The maximum atomic E-state index is 13.1. The van der Waals surface area contributed by atoms with E-state index in [1.165, 1.54) is 16.2 Å². The van der Waals surface area contributed by atoms with E-state index in [0.29, 0.717) is 24.4 Å². The van der Waals surface area contributed by atoms with Crippen molar-refractivity contribution in [1.29, 1.82) is 0 Å². The molecule has 2 heterocycles. The number of para-hydroxylation sites is 1. The van der Waals surface area contributed by atoms with E-state index >= 15 is 0 Å². The SMILES string of the molecule is CCc1sc(C(=O)N(Cc2ccco2)Cc2ccccc2O)cc1C. The van der Waals surface area contributed by atoms with Crippen LogP contribution >= 0.6 is 11.3 Å². The molecular weight excluding hydrogens is 334 g/mol. The van der Waals surface area contributed by atoms with Crippen molar-refractivity contribution in [2.24, 2.45) is 0 Å². The molecule has 0 fully saturated rings. The van der Waals surface area contributed by atoms with E-state index in [0.717, 1.165) is 16.9 Å². The summed E-state index contributed by atoms with van der Waals surface area (Å²) in [6.45, 7) is 4.81. The zero-order valence-corrected chi connectivity index (χ0v) is 15.2. The molecule has 3 aromatic rings. The number of amides is 1. The fourth-order valence-corrected chi connectivity index (χ4v) is 3.85. The van der Waals surface area contributed by atoms with Crippen molar-refractivity contribution in [2.45, 2.75) is 33.4 Å². The van der Waals surface area contributed by atoms with Gasteiger partial charge in [-0.1, -0.05) is 25.1 Å². The average molecular weight is 355 g/mol. The third-order valence-electron chi connectivity index (χ3n) is 4.12. The molecule has 4 nitrogen and oxygen atoms in total. The smallest absolute Gasteiger partial charge is 0.264 e. The van der Waals surface area contributed by atoms with E-state index < -0.39 is 0 Å². The average Bonchev–Trinajstić information content (AvgIpc) is 3.24. The predicted octanol–water partition coefficient (Wildman–Crippen LogP) is 4.76. The number of furan rings is 1. The van der Waals surface area contributed by atoms with Crippen LogP contribution in [0.25, 0.3) is 0 Å². The summed E-state index contributed by atoms with van der Waals surface area (Å²) in [4.78, 5) is 16.7. The molecule has 130 valence electrons. The first kappa shape index (κ1) is 17.3. The maximum absolute atomic E-state index is 13.1. The summed E-state index contributed by atoms with van der Waals surface area (Å²) in [7, 11) is 0. The van der Waals surface area contributed by atoms with Crippen molar-refractivity contribution >= 4 is 17.2 Å². The van der Waals surface area contributed by atoms with Gasteiger partial charge >= 0.3 is 0 Å². The van der Waals surface area contributed by atoms with Crippen LogP contribution in [-0.4, -0.2) is 15.9 Å². The van der Waals surface area contributed by atoms with Gasteiger partial charge in [0, 0.05) is 10.4 Å². The van der Waals surface area contributed by atoms with Crippen LogP contribution < -0.4 is 0 Å². The molecule has 2 aromatic heterocycles. The van der Waals surface area contributed by atoms with Crippen LogP contribution in [0.5, 0.6) is 5.75 Å². The first-order chi connectivity index (χ1) is 12.1. The zero-order valence-electron chi connectivity index (χ0n) is 14.4. The van der Waals surface area contributed by atoms with Crippen molar-refractivity contribution in [2.75, 3.05) is 0 Å². The fourth-order valence-electron chi connectivity index (χ4n) is 2.77. The number of carbonyl (C=O) groups excluding carboxylic acids is 1. The lowest BCUT2D eigenvalue weighted by Crippen LogP contribution is -2.29. The molecule has 3 rings (SSSR count). The predicted molar refractivity (Wildman–Crippen MR) is 98.8 cm³/mol. The molecule has 0 spiro atoms. The Hall–Kier alpha value is -2.53. The van der Waals surface area contributed by atoms with Gasteiger partial charge in [-0.25, -0.2) is 0 Å². The monoisotopic (exact) mass is 355 g/mol. The van der Waals surface area contributed by atoms with Crippen LogP contribution in [0.3, 0.4) is 0 Å². The molecule has 0 unspecified atom stereocenters. The van der Waals surface area contributed by atoms with Crippen molar-refractivity contribution in [1.82, 2.24) is 4.90 Å². The van der Waals surface area contributed by atoms with Gasteiger partial charge in [0.1, 0.15) is 11.5 Å². The Kier molecular flexibility index (Phi) is 5.24. The number of rotatable bonds is 6. The largest absolute Gasteiger partial charge is 0.508 e. The van der Waals surface area contributed by atoms with E-state index in [-0.39, 0.29) is 11.7 Å². The normalized spacial score (nSPS) is 10.8. The highest BCUT2D eigenvalue weighted by atomic mass is 32.1. The first-order valence-corrected chi connectivity index (χ1v) is 9.08. The molecule has 1 N–H and O–H groups in total. The zero-order chi connectivity index (χ0) is 17.8. The Labute approximate surface area is 151 Å². The second kappa shape index (κ2) is 7.57. The number of phenols is 1. The maximum Gasteiger partial charge on any atom is 0.264 e. The lowest BCUT2D eigenvalue weighted by Gasteiger charge is -2.21. The molecule has 5 heteroatoms. The highest BCUT2D eigenvalue weighted by molar-refractivity contribution is 7.14. The molecule has 0 atom stereocenters. The number of aryl methyl sites for hydroxylation is 2. The highest BCUT2D eigenvalue weighted by Crippen LogP contribution is 2.26. The molecule has 0 aliphatic rings. The third-order valence-corrected chi connectivity index (χ3v) is 5.49. The van der Waals surface area contributed by atoms with Crippen molar-refractivity contribution in [3.8, 4) is 5.75 Å². The van der Waals surface area contributed by atoms with Crippen LogP contribution in [0.4, 0.5) is 0 Å². The summed E-state index contributed by atoms with van der Waals surface area (Å²) in [5, 5.41) is 10.1. The quantitative estimate of drug-likeness (QED) is 0.693. The summed E-state index contributed by atoms with van der Waals surface area (Å²) in [5.74, 6) is 0.858. The lowest BCUT2D eigenvalue weighted by molar-refractivity contribution is 0.0721. The highest BCUT2D eigenvalue weighted by Gasteiger charge is 2.21. The van der Waals surface area contributed by atoms with Gasteiger partial charge in [0.05, 0.1) is 24.2 Å². The van der Waals surface area contributed by atoms with E-state index in [4.69, 9.17) is 4.42 Å². The summed E-state index contributed by atoms with van der Waals surface area (Å²) in [5.41, 5.74) is 1.86. The van der Waals surface area contributed by atoms with E-state index in [1.807, 2.05) is 37.3 Å². The van der Waals surface area contributed by atoms with Crippen LogP contribution in [0.2, 0.25) is 0 Å². The Morgan fingerprint density at radius 3 is 2.64 bits per heavy atom. The Balaban J connectivity index is 1.89. The molecule has 1 aromatic carbocycles. The van der Waals surface area contributed by atoms with E-state index in [9.17, 15) is 9.90 Å². The number of thiophene rings is 1. The van der Waals surface area contributed by atoms with Gasteiger partial charge in [-0.05, 0) is 43.2 Å².